The molecule has 7 nitrogen and oxygen atoms in total. The lowest BCUT2D eigenvalue weighted by Gasteiger charge is -2.13. The predicted molar refractivity (Wildman–Crippen MR) is 97.1 cm³/mol. The Hall–Kier alpha value is -3.00. The second-order valence-electron chi connectivity index (χ2n) is 5.32. The van der Waals surface area contributed by atoms with Gasteiger partial charge in [-0.3, -0.25) is 14.9 Å². The van der Waals surface area contributed by atoms with Crippen LogP contribution >= 0.6 is 15.9 Å². The first kappa shape index (κ1) is 16.8. The molecule has 3 rings (SSSR count). The number of hydrogen-bond donors (Lipinski definition) is 1. The molecule has 126 valence electrons. The second-order valence-corrected chi connectivity index (χ2v) is 6.24. The number of nitrogens with zero attached hydrogens (tertiary/aromatic N) is 3. The number of nitrogens with one attached hydrogen (secondary N) is 1. The van der Waals surface area contributed by atoms with E-state index in [1.807, 2.05) is 12.1 Å². The lowest BCUT2D eigenvalue weighted by Crippen LogP contribution is -2.15. The number of anilines is 1. The van der Waals surface area contributed by atoms with Gasteiger partial charge in [0, 0.05) is 34.6 Å². The van der Waals surface area contributed by atoms with Gasteiger partial charge in [-0.25, -0.2) is 4.68 Å². The van der Waals surface area contributed by atoms with Crippen molar-refractivity contribution < 1.29 is 9.72 Å². The Kier molecular flexibility index (Phi) is 4.62. The van der Waals surface area contributed by atoms with Gasteiger partial charge in [-0.2, -0.15) is 5.10 Å². The van der Waals surface area contributed by atoms with E-state index in [9.17, 15) is 14.9 Å². The molecule has 2 aromatic carbocycles. The highest BCUT2D eigenvalue weighted by Crippen LogP contribution is 2.26. The first-order valence-electron chi connectivity index (χ1n) is 7.31. The van der Waals surface area contributed by atoms with Crippen LogP contribution in [0.1, 0.15) is 15.9 Å². The minimum atomic E-state index is -0.487. The van der Waals surface area contributed by atoms with Gasteiger partial charge in [-0.05, 0) is 42.8 Å². The number of benzene rings is 2. The van der Waals surface area contributed by atoms with Crippen molar-refractivity contribution in [3.63, 3.8) is 0 Å². The van der Waals surface area contributed by atoms with E-state index in [1.165, 1.54) is 18.2 Å². The van der Waals surface area contributed by atoms with Crippen LogP contribution in [-0.2, 0) is 0 Å². The van der Waals surface area contributed by atoms with Crippen molar-refractivity contribution >= 4 is 33.2 Å². The minimum Gasteiger partial charge on any atom is -0.320 e. The molecule has 0 aliphatic rings. The van der Waals surface area contributed by atoms with E-state index in [2.05, 4.69) is 26.3 Å². The molecule has 0 atom stereocenters. The van der Waals surface area contributed by atoms with Gasteiger partial charge in [-0.15, -0.1) is 0 Å². The van der Waals surface area contributed by atoms with Crippen molar-refractivity contribution in [2.45, 2.75) is 6.92 Å². The Morgan fingerprint density at radius 1 is 1.28 bits per heavy atom. The lowest BCUT2D eigenvalue weighted by atomic mass is 10.1. The first-order chi connectivity index (χ1) is 12.0. The molecular formula is C17H13BrN4O3. The summed E-state index contributed by atoms with van der Waals surface area (Å²) in [7, 11) is 0. The molecule has 0 aliphatic carbocycles. The van der Waals surface area contributed by atoms with Crippen LogP contribution in [-0.4, -0.2) is 20.6 Å². The zero-order valence-electron chi connectivity index (χ0n) is 13.1. The average Bonchev–Trinajstić information content (AvgIpc) is 3.09. The number of non-ortho nitro benzene ring substituents is 1. The maximum absolute atomic E-state index is 12.6. The van der Waals surface area contributed by atoms with E-state index >= 15 is 0 Å². The second kappa shape index (κ2) is 6.86. The van der Waals surface area contributed by atoms with Gasteiger partial charge in [-0.1, -0.05) is 15.9 Å². The normalized spacial score (nSPS) is 10.5. The number of halogens is 1. The lowest BCUT2D eigenvalue weighted by molar-refractivity contribution is -0.384. The SMILES string of the molecule is Cc1cc([N+](=O)[O-])ccc1C(=O)Nc1cc(Br)ccc1-n1cccn1. The molecule has 0 unspecified atom stereocenters. The van der Waals surface area contributed by atoms with E-state index in [0.717, 1.165) is 4.47 Å². The number of carbonyl (C=O) groups excluding carboxylic acids is 1. The topological polar surface area (TPSA) is 90.1 Å². The third-order valence-electron chi connectivity index (χ3n) is 3.62. The highest BCUT2D eigenvalue weighted by atomic mass is 79.9. The summed E-state index contributed by atoms with van der Waals surface area (Å²) in [5, 5.41) is 17.9. The molecule has 1 amide bonds. The van der Waals surface area contributed by atoms with Gasteiger partial charge >= 0.3 is 0 Å². The summed E-state index contributed by atoms with van der Waals surface area (Å²) in [6.45, 7) is 1.66. The first-order valence-corrected chi connectivity index (χ1v) is 8.11. The van der Waals surface area contributed by atoms with Gasteiger partial charge in [0.1, 0.15) is 0 Å². The molecule has 0 saturated carbocycles. The third kappa shape index (κ3) is 3.58. The Bertz CT molecular complexity index is 955. The van der Waals surface area contributed by atoms with Crippen LogP contribution in [0.5, 0.6) is 0 Å². The quantitative estimate of drug-likeness (QED) is 0.527. The fourth-order valence-electron chi connectivity index (χ4n) is 2.43. The van der Waals surface area contributed by atoms with Crippen molar-refractivity contribution in [2.75, 3.05) is 5.32 Å². The molecule has 0 radical (unpaired) electrons. The van der Waals surface area contributed by atoms with Crippen molar-refractivity contribution in [1.29, 1.82) is 0 Å². The van der Waals surface area contributed by atoms with Crippen LogP contribution in [0.25, 0.3) is 5.69 Å². The highest BCUT2D eigenvalue weighted by molar-refractivity contribution is 9.10. The van der Waals surface area contributed by atoms with Gasteiger partial charge in [0.2, 0.25) is 0 Å². The number of amides is 1. The summed E-state index contributed by atoms with van der Waals surface area (Å²) in [5.41, 5.74) is 2.13. The maximum Gasteiger partial charge on any atom is 0.269 e. The molecule has 1 N–H and O–H groups in total. The van der Waals surface area contributed by atoms with Gasteiger partial charge in [0.25, 0.3) is 11.6 Å². The summed E-state index contributed by atoms with van der Waals surface area (Å²) in [6, 6.07) is 11.4. The van der Waals surface area contributed by atoms with Crippen molar-refractivity contribution in [2.24, 2.45) is 0 Å². The Labute approximate surface area is 151 Å². The van der Waals surface area contributed by atoms with Crippen LogP contribution in [0.15, 0.2) is 59.3 Å². The smallest absolute Gasteiger partial charge is 0.269 e. The molecule has 0 bridgehead atoms. The molecule has 25 heavy (non-hydrogen) atoms. The van der Waals surface area contributed by atoms with Crippen molar-refractivity contribution in [3.05, 3.63) is 80.6 Å². The van der Waals surface area contributed by atoms with E-state index < -0.39 is 4.92 Å². The number of aromatic nitrogens is 2. The minimum absolute atomic E-state index is 0.0475. The zero-order chi connectivity index (χ0) is 18.0. The number of carbonyl (C=O) groups is 1. The molecule has 0 fully saturated rings. The van der Waals surface area contributed by atoms with Gasteiger partial charge < -0.3 is 5.32 Å². The van der Waals surface area contributed by atoms with Crippen LogP contribution in [0, 0.1) is 17.0 Å². The number of nitro benzene ring substituents is 1. The standard InChI is InChI=1S/C17H13BrN4O3/c1-11-9-13(22(24)25)4-5-14(11)17(23)20-15-10-12(18)3-6-16(15)21-8-2-7-19-21/h2-10H,1H3,(H,20,23). The van der Waals surface area contributed by atoms with Crippen molar-refractivity contribution in [3.8, 4) is 5.69 Å². The fourth-order valence-corrected chi connectivity index (χ4v) is 2.79. The van der Waals surface area contributed by atoms with E-state index in [0.29, 0.717) is 22.5 Å². The molecule has 8 heteroatoms. The van der Waals surface area contributed by atoms with Crippen molar-refractivity contribution in [1.82, 2.24) is 9.78 Å². The number of hydrogen-bond acceptors (Lipinski definition) is 4. The largest absolute Gasteiger partial charge is 0.320 e. The number of aryl methyl sites for hydroxylation is 1. The van der Waals surface area contributed by atoms with Gasteiger partial charge in [0.05, 0.1) is 16.3 Å². The van der Waals surface area contributed by atoms with Crippen LogP contribution in [0.4, 0.5) is 11.4 Å². The Morgan fingerprint density at radius 2 is 2.08 bits per heavy atom. The summed E-state index contributed by atoms with van der Waals surface area (Å²) in [4.78, 5) is 23.0. The molecule has 3 aromatic rings. The summed E-state index contributed by atoms with van der Waals surface area (Å²) in [5.74, 6) is -0.348. The third-order valence-corrected chi connectivity index (χ3v) is 4.12. The molecule has 0 spiro atoms. The molecule has 0 saturated heterocycles. The van der Waals surface area contributed by atoms with Gasteiger partial charge in [0.15, 0.2) is 0 Å². The highest BCUT2D eigenvalue weighted by Gasteiger charge is 2.16. The summed E-state index contributed by atoms with van der Waals surface area (Å²) < 4.78 is 2.45. The van der Waals surface area contributed by atoms with Crippen LogP contribution < -0.4 is 5.32 Å². The molecule has 1 heterocycles. The Balaban J connectivity index is 1.94. The monoisotopic (exact) mass is 400 g/mol. The Morgan fingerprint density at radius 3 is 2.72 bits per heavy atom. The van der Waals surface area contributed by atoms with E-state index in [1.54, 1.807) is 36.1 Å². The molecule has 1 aromatic heterocycles. The molecular weight excluding hydrogens is 388 g/mol. The van der Waals surface area contributed by atoms with E-state index in [-0.39, 0.29) is 11.6 Å². The number of rotatable bonds is 4. The fraction of sp³-hybridized carbons (Fsp3) is 0.0588. The zero-order valence-corrected chi connectivity index (χ0v) is 14.7. The summed E-state index contributed by atoms with van der Waals surface area (Å²) >= 11 is 3.39. The number of nitro groups is 1. The maximum atomic E-state index is 12.6. The molecule has 0 aliphatic heterocycles. The summed E-state index contributed by atoms with van der Waals surface area (Å²) in [6.07, 6.45) is 3.42. The predicted octanol–water partition coefficient (Wildman–Crippen LogP) is 4.10. The van der Waals surface area contributed by atoms with Crippen LogP contribution in [0.3, 0.4) is 0 Å². The van der Waals surface area contributed by atoms with E-state index in [4.69, 9.17) is 0 Å². The van der Waals surface area contributed by atoms with Crippen LogP contribution in [0.2, 0.25) is 0 Å². The average molecular weight is 401 g/mol.